The second kappa shape index (κ2) is 5.75. The smallest absolute Gasteiger partial charge is 0.173 e. The quantitative estimate of drug-likeness (QED) is 0.819. The number of hydrogen-bond acceptors (Lipinski definition) is 5. The number of aryl methyl sites for hydroxylation is 1. The van der Waals surface area contributed by atoms with Crippen LogP contribution in [-0.2, 0) is 9.47 Å². The van der Waals surface area contributed by atoms with Crippen LogP contribution in [0.15, 0.2) is 24.5 Å². The fourth-order valence-electron chi connectivity index (χ4n) is 1.75. The molecule has 5 nitrogen and oxygen atoms in total. The van der Waals surface area contributed by atoms with Crippen LogP contribution in [0.3, 0.4) is 0 Å². The van der Waals surface area contributed by atoms with Gasteiger partial charge in [-0.05, 0) is 19.1 Å². The normalized spacial score (nSPS) is 11.1. The van der Waals surface area contributed by atoms with E-state index in [1.807, 2.05) is 19.1 Å². The lowest BCUT2D eigenvalue weighted by Crippen LogP contribution is -2.24. The number of methoxy groups -OCH3 is 2. The fourth-order valence-corrected chi connectivity index (χ4v) is 1.75. The summed E-state index contributed by atoms with van der Waals surface area (Å²) in [6.07, 6.45) is 1.26. The molecule has 0 bridgehead atoms. The number of hydrogen-bond donors (Lipinski definition) is 1. The summed E-state index contributed by atoms with van der Waals surface area (Å²) in [7, 11) is 3.22. The van der Waals surface area contributed by atoms with Gasteiger partial charge in [0.25, 0.3) is 0 Å². The topological polar surface area (TPSA) is 56.3 Å². The highest BCUT2D eigenvalue weighted by Crippen LogP contribution is 2.20. The van der Waals surface area contributed by atoms with Crippen LogP contribution < -0.4 is 5.32 Å². The van der Waals surface area contributed by atoms with Gasteiger partial charge in [-0.3, -0.25) is 0 Å². The van der Waals surface area contributed by atoms with Crippen LogP contribution in [0.2, 0.25) is 0 Å². The lowest BCUT2D eigenvalue weighted by molar-refractivity contribution is -0.0914. The Hall–Kier alpha value is -1.72. The van der Waals surface area contributed by atoms with Gasteiger partial charge in [-0.25, -0.2) is 9.97 Å². The van der Waals surface area contributed by atoms with Crippen molar-refractivity contribution in [2.75, 3.05) is 26.1 Å². The molecule has 0 aliphatic heterocycles. The summed E-state index contributed by atoms with van der Waals surface area (Å²) in [6.45, 7) is 2.58. The molecule has 96 valence electrons. The number of benzene rings is 1. The summed E-state index contributed by atoms with van der Waals surface area (Å²) in [5, 5.41) is 4.22. The van der Waals surface area contributed by atoms with Crippen molar-refractivity contribution in [3.05, 3.63) is 30.1 Å². The van der Waals surface area contributed by atoms with Gasteiger partial charge in [0.05, 0.1) is 12.1 Å². The molecule has 0 aliphatic carbocycles. The molecule has 0 fully saturated rings. The molecular weight excluding hydrogens is 230 g/mol. The van der Waals surface area contributed by atoms with E-state index in [-0.39, 0.29) is 6.29 Å². The molecule has 0 spiro atoms. The Kier molecular flexibility index (Phi) is 4.07. The van der Waals surface area contributed by atoms with E-state index >= 15 is 0 Å². The van der Waals surface area contributed by atoms with Crippen molar-refractivity contribution in [2.24, 2.45) is 0 Å². The van der Waals surface area contributed by atoms with E-state index in [1.54, 1.807) is 20.5 Å². The summed E-state index contributed by atoms with van der Waals surface area (Å²) in [6, 6.07) is 6.08. The Labute approximate surface area is 106 Å². The molecule has 1 N–H and O–H groups in total. The third-order valence-electron chi connectivity index (χ3n) is 2.75. The Morgan fingerprint density at radius 1 is 1.22 bits per heavy atom. The average molecular weight is 247 g/mol. The highest BCUT2D eigenvalue weighted by Gasteiger charge is 2.07. The molecule has 5 heteroatoms. The summed E-state index contributed by atoms with van der Waals surface area (Å²) >= 11 is 0. The monoisotopic (exact) mass is 247 g/mol. The predicted octanol–water partition coefficient (Wildman–Crippen LogP) is 1.97. The van der Waals surface area contributed by atoms with Crippen LogP contribution in [0.5, 0.6) is 0 Å². The van der Waals surface area contributed by atoms with Crippen molar-refractivity contribution in [1.29, 1.82) is 0 Å². The van der Waals surface area contributed by atoms with E-state index in [0.717, 1.165) is 16.7 Å². The van der Waals surface area contributed by atoms with Gasteiger partial charge in [0.1, 0.15) is 12.1 Å². The van der Waals surface area contributed by atoms with Crippen LogP contribution in [0, 0.1) is 6.92 Å². The maximum Gasteiger partial charge on any atom is 0.173 e. The first kappa shape index (κ1) is 12.7. The molecule has 0 atom stereocenters. The number of ether oxygens (including phenoxy) is 2. The van der Waals surface area contributed by atoms with E-state index in [0.29, 0.717) is 6.54 Å². The molecule has 1 aromatic heterocycles. The molecule has 0 aliphatic rings. The predicted molar refractivity (Wildman–Crippen MR) is 70.6 cm³/mol. The molecule has 0 amide bonds. The molecule has 0 saturated carbocycles. The molecule has 0 radical (unpaired) electrons. The van der Waals surface area contributed by atoms with E-state index in [1.165, 1.54) is 5.56 Å². The molecule has 0 saturated heterocycles. The summed E-state index contributed by atoms with van der Waals surface area (Å²) in [5.74, 6) is 0.794. The van der Waals surface area contributed by atoms with E-state index in [4.69, 9.17) is 9.47 Å². The highest BCUT2D eigenvalue weighted by atomic mass is 16.7. The van der Waals surface area contributed by atoms with Gasteiger partial charge in [0, 0.05) is 19.6 Å². The van der Waals surface area contributed by atoms with Crippen molar-refractivity contribution < 1.29 is 9.47 Å². The van der Waals surface area contributed by atoms with Crippen LogP contribution in [0.25, 0.3) is 10.9 Å². The molecule has 1 heterocycles. The Morgan fingerprint density at radius 3 is 2.72 bits per heavy atom. The zero-order valence-electron chi connectivity index (χ0n) is 10.8. The lowest BCUT2D eigenvalue weighted by Gasteiger charge is -2.15. The van der Waals surface area contributed by atoms with Crippen molar-refractivity contribution in [2.45, 2.75) is 13.2 Å². The number of anilines is 1. The maximum atomic E-state index is 5.13. The zero-order chi connectivity index (χ0) is 13.0. The van der Waals surface area contributed by atoms with Crippen LogP contribution in [0.1, 0.15) is 5.56 Å². The zero-order valence-corrected chi connectivity index (χ0v) is 10.8. The minimum absolute atomic E-state index is 0.292. The van der Waals surface area contributed by atoms with E-state index < -0.39 is 0 Å². The molecule has 18 heavy (non-hydrogen) atoms. The van der Waals surface area contributed by atoms with Crippen molar-refractivity contribution >= 4 is 16.7 Å². The van der Waals surface area contributed by atoms with Crippen LogP contribution in [-0.4, -0.2) is 37.0 Å². The van der Waals surface area contributed by atoms with Gasteiger partial charge in [0.2, 0.25) is 0 Å². The largest absolute Gasteiger partial charge is 0.364 e. The van der Waals surface area contributed by atoms with Crippen molar-refractivity contribution in [1.82, 2.24) is 9.97 Å². The van der Waals surface area contributed by atoms with Gasteiger partial charge in [0.15, 0.2) is 6.29 Å². The Balaban J connectivity index is 2.24. The Morgan fingerprint density at radius 2 is 2.00 bits per heavy atom. The first-order chi connectivity index (χ1) is 8.74. The standard InChI is InChI=1S/C13H17N3O2/c1-9-4-5-11-10(6-9)13(16-8-15-11)14-7-12(17-2)18-3/h4-6,8,12H,7H2,1-3H3,(H,14,15,16). The highest BCUT2D eigenvalue weighted by molar-refractivity contribution is 5.89. The molecule has 0 unspecified atom stereocenters. The molecule has 1 aromatic carbocycles. The van der Waals surface area contributed by atoms with E-state index in [2.05, 4.69) is 21.4 Å². The van der Waals surface area contributed by atoms with Crippen LogP contribution >= 0.6 is 0 Å². The first-order valence-electron chi connectivity index (χ1n) is 5.75. The fraction of sp³-hybridized carbons (Fsp3) is 0.385. The molecule has 2 rings (SSSR count). The number of fused-ring (bicyclic) bond motifs is 1. The molecular formula is C13H17N3O2. The third kappa shape index (κ3) is 2.75. The van der Waals surface area contributed by atoms with Crippen molar-refractivity contribution in [3.63, 3.8) is 0 Å². The number of nitrogens with zero attached hydrogens (tertiary/aromatic N) is 2. The minimum Gasteiger partial charge on any atom is -0.364 e. The number of rotatable bonds is 5. The van der Waals surface area contributed by atoms with Gasteiger partial charge in [-0.15, -0.1) is 0 Å². The first-order valence-corrected chi connectivity index (χ1v) is 5.75. The summed E-state index contributed by atoms with van der Waals surface area (Å²) in [4.78, 5) is 8.49. The average Bonchev–Trinajstić information content (AvgIpc) is 2.40. The number of nitrogens with one attached hydrogen (secondary N) is 1. The SMILES string of the molecule is COC(CNc1ncnc2ccc(C)cc12)OC. The van der Waals surface area contributed by atoms with Gasteiger partial charge in [-0.1, -0.05) is 11.6 Å². The minimum atomic E-state index is -0.292. The second-order valence-corrected chi connectivity index (χ2v) is 4.02. The number of aromatic nitrogens is 2. The molecule has 2 aromatic rings. The van der Waals surface area contributed by atoms with Gasteiger partial charge in [-0.2, -0.15) is 0 Å². The van der Waals surface area contributed by atoms with Gasteiger partial charge >= 0.3 is 0 Å². The van der Waals surface area contributed by atoms with E-state index in [9.17, 15) is 0 Å². The lowest BCUT2D eigenvalue weighted by atomic mass is 10.1. The summed E-state index contributed by atoms with van der Waals surface area (Å²) < 4.78 is 10.3. The Bertz CT molecular complexity index is 527. The maximum absolute atomic E-state index is 5.13. The summed E-state index contributed by atoms with van der Waals surface area (Å²) in [5.41, 5.74) is 2.10. The van der Waals surface area contributed by atoms with Crippen LogP contribution in [0.4, 0.5) is 5.82 Å². The third-order valence-corrected chi connectivity index (χ3v) is 2.75. The van der Waals surface area contributed by atoms with Crippen molar-refractivity contribution in [3.8, 4) is 0 Å². The second-order valence-electron chi connectivity index (χ2n) is 4.02. The van der Waals surface area contributed by atoms with Gasteiger partial charge < -0.3 is 14.8 Å².